The Morgan fingerprint density at radius 2 is 2.00 bits per heavy atom. The fraction of sp³-hybridized carbons (Fsp3) is 0.379. The summed E-state index contributed by atoms with van der Waals surface area (Å²) in [5, 5.41) is 17.8. The van der Waals surface area contributed by atoms with Crippen molar-refractivity contribution in [2.75, 3.05) is 18.0 Å². The lowest BCUT2D eigenvalue weighted by Gasteiger charge is -2.26. The van der Waals surface area contributed by atoms with E-state index in [1.54, 1.807) is 43.6 Å². The van der Waals surface area contributed by atoms with Crippen molar-refractivity contribution in [3.05, 3.63) is 70.9 Å². The van der Waals surface area contributed by atoms with Gasteiger partial charge in [0.05, 0.1) is 6.42 Å². The first-order valence-corrected chi connectivity index (χ1v) is 15.3. The van der Waals surface area contributed by atoms with Gasteiger partial charge < -0.3 is 14.7 Å². The Balaban J connectivity index is 1.40. The van der Waals surface area contributed by atoms with Crippen molar-refractivity contribution in [3.8, 4) is 5.75 Å². The van der Waals surface area contributed by atoms with Crippen LogP contribution in [0.3, 0.4) is 0 Å². The molecule has 0 aliphatic carbocycles. The number of anilines is 1. The zero-order valence-corrected chi connectivity index (χ0v) is 24.3. The maximum absolute atomic E-state index is 13.9. The average Bonchev–Trinajstić information content (AvgIpc) is 3.56. The van der Waals surface area contributed by atoms with Gasteiger partial charge in [0.1, 0.15) is 21.7 Å². The number of hydrogen-bond donors (Lipinski definition) is 1. The number of halogens is 2. The van der Waals surface area contributed by atoms with Gasteiger partial charge in [-0.15, -0.1) is 5.10 Å². The minimum atomic E-state index is -3.89. The van der Waals surface area contributed by atoms with E-state index in [0.29, 0.717) is 29.1 Å². The van der Waals surface area contributed by atoms with Gasteiger partial charge >= 0.3 is 12.6 Å². The standard InChI is InChI=1S/C29H30F2N6O5S/c1-17-7-8-18(22(14-26(38)39)19-12-23-27(35(2)34-33-23)24(13-19)42-29(30)31)11-20(17)15-36-16-21-5-4-10-37(21)28-25(43(36,40)41)6-3-9-32-28/h3,6-9,11-13,21-22,29H,4-5,10,14-16H2,1-2H3,(H,38,39)/t21-,22-/m1/s1. The number of pyridine rings is 1. The maximum atomic E-state index is 13.9. The number of aliphatic carboxylic acids is 1. The van der Waals surface area contributed by atoms with Gasteiger partial charge in [-0.1, -0.05) is 23.4 Å². The Morgan fingerprint density at radius 1 is 1.19 bits per heavy atom. The number of aryl methyl sites for hydroxylation is 2. The fourth-order valence-corrected chi connectivity index (χ4v) is 7.77. The minimum Gasteiger partial charge on any atom is -0.481 e. The number of nitrogens with zero attached hydrogens (tertiary/aromatic N) is 6. The monoisotopic (exact) mass is 612 g/mol. The lowest BCUT2D eigenvalue weighted by atomic mass is 9.86. The van der Waals surface area contributed by atoms with Crippen LogP contribution in [0, 0.1) is 6.92 Å². The number of carboxylic acid groups (broad SMARTS) is 1. The van der Waals surface area contributed by atoms with Gasteiger partial charge in [0.25, 0.3) is 0 Å². The molecule has 6 rings (SSSR count). The molecule has 1 fully saturated rings. The number of carbonyl (C=O) groups is 1. The molecular formula is C29H30F2N6O5S. The molecule has 2 atom stereocenters. The first kappa shape index (κ1) is 28.9. The van der Waals surface area contributed by atoms with Crippen LogP contribution < -0.4 is 9.64 Å². The largest absolute Gasteiger partial charge is 0.481 e. The van der Waals surface area contributed by atoms with E-state index in [0.717, 1.165) is 24.9 Å². The van der Waals surface area contributed by atoms with Gasteiger partial charge in [-0.05, 0) is 66.3 Å². The van der Waals surface area contributed by atoms with Crippen LogP contribution in [0.2, 0.25) is 0 Å². The molecule has 4 aromatic rings. The molecule has 43 heavy (non-hydrogen) atoms. The van der Waals surface area contributed by atoms with Gasteiger partial charge in [-0.3, -0.25) is 4.79 Å². The highest BCUT2D eigenvalue weighted by Crippen LogP contribution is 2.38. The Hall–Kier alpha value is -4.17. The summed E-state index contributed by atoms with van der Waals surface area (Å²) in [6.07, 6.45) is 3.04. The van der Waals surface area contributed by atoms with Crippen molar-refractivity contribution in [3.63, 3.8) is 0 Å². The van der Waals surface area contributed by atoms with Crippen LogP contribution in [-0.2, 0) is 28.4 Å². The van der Waals surface area contributed by atoms with Crippen LogP contribution in [0.25, 0.3) is 11.0 Å². The Morgan fingerprint density at radius 3 is 2.77 bits per heavy atom. The smallest absolute Gasteiger partial charge is 0.387 e. The molecule has 0 saturated carbocycles. The summed E-state index contributed by atoms with van der Waals surface area (Å²) in [4.78, 5) is 18.7. The number of benzene rings is 2. The molecule has 14 heteroatoms. The van der Waals surface area contributed by atoms with Crippen LogP contribution in [-0.4, -0.2) is 69.5 Å². The van der Waals surface area contributed by atoms with Gasteiger partial charge in [-0.2, -0.15) is 13.1 Å². The number of ether oxygens (including phenoxy) is 1. The third-order valence-electron chi connectivity index (χ3n) is 8.24. The molecule has 4 heterocycles. The summed E-state index contributed by atoms with van der Waals surface area (Å²) in [7, 11) is -2.34. The van der Waals surface area contributed by atoms with E-state index >= 15 is 0 Å². The highest BCUT2D eigenvalue weighted by molar-refractivity contribution is 7.89. The summed E-state index contributed by atoms with van der Waals surface area (Å²) in [5.74, 6) is -1.55. The van der Waals surface area contributed by atoms with E-state index in [4.69, 9.17) is 4.74 Å². The van der Waals surface area contributed by atoms with Gasteiger partial charge in [0, 0.05) is 44.8 Å². The van der Waals surface area contributed by atoms with E-state index in [9.17, 15) is 27.1 Å². The second kappa shape index (κ2) is 11.2. The van der Waals surface area contributed by atoms with Crippen molar-refractivity contribution in [1.82, 2.24) is 24.3 Å². The molecule has 1 N–H and O–H groups in total. The molecule has 0 unspecified atom stereocenters. The van der Waals surface area contributed by atoms with E-state index in [1.807, 2.05) is 13.0 Å². The first-order chi connectivity index (χ1) is 20.5. The number of alkyl halides is 2. The quantitative estimate of drug-likeness (QED) is 0.313. The molecule has 2 aromatic heterocycles. The molecule has 11 nitrogen and oxygen atoms in total. The molecule has 2 aromatic carbocycles. The molecule has 2 aliphatic rings. The number of hydrogen-bond acceptors (Lipinski definition) is 8. The molecule has 0 bridgehead atoms. The maximum Gasteiger partial charge on any atom is 0.387 e. The Bertz CT molecular complexity index is 1810. The zero-order chi connectivity index (χ0) is 30.5. The van der Waals surface area contributed by atoms with Gasteiger partial charge in [-0.25, -0.2) is 18.1 Å². The molecule has 226 valence electrons. The van der Waals surface area contributed by atoms with E-state index in [-0.39, 0.29) is 40.7 Å². The average molecular weight is 613 g/mol. The summed E-state index contributed by atoms with van der Waals surface area (Å²) in [6, 6.07) is 11.6. The number of aromatic nitrogens is 4. The van der Waals surface area contributed by atoms with Crippen LogP contribution in [0.5, 0.6) is 5.75 Å². The molecule has 2 aliphatic heterocycles. The molecular weight excluding hydrogens is 582 g/mol. The predicted octanol–water partition coefficient (Wildman–Crippen LogP) is 4.05. The van der Waals surface area contributed by atoms with Crippen molar-refractivity contribution in [1.29, 1.82) is 0 Å². The van der Waals surface area contributed by atoms with Crippen molar-refractivity contribution >= 4 is 32.8 Å². The lowest BCUT2D eigenvalue weighted by molar-refractivity contribution is -0.137. The number of sulfonamides is 1. The first-order valence-electron chi connectivity index (χ1n) is 13.8. The molecule has 0 amide bonds. The molecule has 0 radical (unpaired) electrons. The highest BCUT2D eigenvalue weighted by atomic mass is 32.2. The summed E-state index contributed by atoms with van der Waals surface area (Å²) < 4.78 is 62.0. The minimum absolute atomic E-state index is 0.0128. The lowest BCUT2D eigenvalue weighted by Crippen LogP contribution is -2.39. The van der Waals surface area contributed by atoms with Crippen LogP contribution in [0.4, 0.5) is 14.6 Å². The van der Waals surface area contributed by atoms with Gasteiger partial charge in [0.2, 0.25) is 10.0 Å². The van der Waals surface area contributed by atoms with E-state index in [1.165, 1.54) is 15.1 Å². The van der Waals surface area contributed by atoms with Crippen molar-refractivity contribution < 1.29 is 31.8 Å². The third-order valence-corrected chi connectivity index (χ3v) is 10.1. The van der Waals surface area contributed by atoms with Crippen molar-refractivity contribution in [2.24, 2.45) is 7.05 Å². The van der Waals surface area contributed by atoms with Gasteiger partial charge in [0.15, 0.2) is 5.75 Å². The van der Waals surface area contributed by atoms with Crippen molar-refractivity contribution in [2.45, 2.75) is 56.2 Å². The Kier molecular flexibility index (Phi) is 7.50. The second-order valence-corrected chi connectivity index (χ2v) is 12.8. The third kappa shape index (κ3) is 5.40. The SMILES string of the molecule is Cc1ccc([C@@H](CC(=O)O)c2cc(OC(F)F)c3c(c2)nnn3C)cc1CN1C[C@H]2CCCN2c2ncccc2S1(=O)=O. The number of rotatable bonds is 8. The zero-order valence-electron chi connectivity index (χ0n) is 23.5. The van der Waals surface area contributed by atoms with E-state index in [2.05, 4.69) is 20.2 Å². The van der Waals surface area contributed by atoms with E-state index < -0.39 is 28.5 Å². The molecule has 0 spiro atoms. The number of fused-ring (bicyclic) bond motifs is 4. The Labute approximate surface area is 246 Å². The van der Waals surface area contributed by atoms with Crippen LogP contribution in [0.15, 0.2) is 53.6 Å². The van der Waals surface area contributed by atoms with Crippen LogP contribution in [0.1, 0.15) is 47.4 Å². The second-order valence-electron chi connectivity index (χ2n) is 10.9. The predicted molar refractivity (Wildman–Crippen MR) is 153 cm³/mol. The fourth-order valence-electron chi connectivity index (χ4n) is 6.16. The summed E-state index contributed by atoms with van der Waals surface area (Å²) in [5.41, 5.74) is 3.07. The highest BCUT2D eigenvalue weighted by Gasteiger charge is 2.40. The molecule has 1 saturated heterocycles. The summed E-state index contributed by atoms with van der Waals surface area (Å²) in [6.45, 7) is -0.143. The normalized spacial score (nSPS) is 18.8. The van der Waals surface area contributed by atoms with Crippen LogP contribution >= 0.6 is 0 Å². The number of carboxylic acids is 1. The summed E-state index contributed by atoms with van der Waals surface area (Å²) >= 11 is 0. The topological polar surface area (TPSA) is 131 Å².